The smallest absolute Gasteiger partial charge is 0.222 e. The second-order valence-corrected chi connectivity index (χ2v) is 6.52. The van der Waals surface area contributed by atoms with Gasteiger partial charge in [0.15, 0.2) is 5.82 Å². The van der Waals surface area contributed by atoms with E-state index in [4.69, 9.17) is 0 Å². The summed E-state index contributed by atoms with van der Waals surface area (Å²) in [5, 5.41) is 11.3. The van der Waals surface area contributed by atoms with Crippen molar-refractivity contribution in [3.63, 3.8) is 0 Å². The van der Waals surface area contributed by atoms with Crippen LogP contribution in [-0.4, -0.2) is 47.2 Å². The first-order chi connectivity index (χ1) is 12.8. The van der Waals surface area contributed by atoms with Crippen molar-refractivity contribution in [1.29, 1.82) is 0 Å². The number of amides is 1. The van der Waals surface area contributed by atoms with Gasteiger partial charge in [0.1, 0.15) is 0 Å². The number of carbonyl (C=O) groups excluding carboxylic acids is 1. The summed E-state index contributed by atoms with van der Waals surface area (Å²) >= 11 is 0. The maximum Gasteiger partial charge on any atom is 0.222 e. The molecule has 4 rings (SSSR count). The van der Waals surface area contributed by atoms with Gasteiger partial charge in [-0.1, -0.05) is 49.4 Å². The second kappa shape index (κ2) is 7.12. The van der Waals surface area contributed by atoms with Gasteiger partial charge in [0.25, 0.3) is 0 Å². The molecule has 1 aliphatic heterocycles. The highest BCUT2D eigenvalue weighted by atomic mass is 16.2. The Morgan fingerprint density at radius 1 is 0.923 bits per heavy atom. The zero-order chi connectivity index (χ0) is 17.9. The van der Waals surface area contributed by atoms with Gasteiger partial charge in [-0.25, -0.2) is 0 Å². The minimum absolute atomic E-state index is 0.224. The van der Waals surface area contributed by atoms with Crippen LogP contribution in [0.25, 0.3) is 22.0 Å². The molecule has 132 valence electrons. The lowest BCUT2D eigenvalue weighted by atomic mass is 10.0. The Kier molecular flexibility index (Phi) is 4.52. The number of nitrogens with zero attached hydrogens (tertiary/aromatic N) is 4. The summed E-state index contributed by atoms with van der Waals surface area (Å²) in [6.07, 6.45) is 0.569. The van der Waals surface area contributed by atoms with Crippen LogP contribution in [0, 0.1) is 0 Å². The van der Waals surface area contributed by atoms with E-state index in [1.165, 1.54) is 10.8 Å². The van der Waals surface area contributed by atoms with E-state index >= 15 is 0 Å². The van der Waals surface area contributed by atoms with Gasteiger partial charge < -0.3 is 9.80 Å². The lowest BCUT2D eigenvalue weighted by Crippen LogP contribution is -2.48. The number of hydrogen-bond acceptors (Lipinski definition) is 4. The van der Waals surface area contributed by atoms with Crippen molar-refractivity contribution in [2.45, 2.75) is 13.3 Å². The lowest BCUT2D eigenvalue weighted by molar-refractivity contribution is -0.131. The van der Waals surface area contributed by atoms with Crippen LogP contribution in [0.1, 0.15) is 13.3 Å². The van der Waals surface area contributed by atoms with E-state index in [1.807, 2.05) is 36.1 Å². The summed E-state index contributed by atoms with van der Waals surface area (Å²) in [4.78, 5) is 15.9. The molecule has 5 heteroatoms. The number of carbonyl (C=O) groups is 1. The second-order valence-electron chi connectivity index (χ2n) is 6.52. The van der Waals surface area contributed by atoms with Crippen molar-refractivity contribution in [1.82, 2.24) is 15.1 Å². The maximum absolute atomic E-state index is 11.8. The predicted molar refractivity (Wildman–Crippen MR) is 104 cm³/mol. The Morgan fingerprint density at radius 2 is 1.69 bits per heavy atom. The minimum Gasteiger partial charge on any atom is -0.352 e. The standard InChI is InChI=1S/C21H22N4O/c1-2-21(26)25-14-12-24(13-15-25)20-11-10-19(22-23-20)18-9-5-7-16-6-3-4-8-17(16)18/h3-11H,2,12-15H2,1H3. The SMILES string of the molecule is CCC(=O)N1CCN(c2ccc(-c3cccc4ccccc34)nn2)CC1. The summed E-state index contributed by atoms with van der Waals surface area (Å²) in [5.74, 6) is 1.10. The molecule has 26 heavy (non-hydrogen) atoms. The lowest BCUT2D eigenvalue weighted by Gasteiger charge is -2.35. The molecule has 1 aromatic heterocycles. The Labute approximate surface area is 153 Å². The molecule has 0 aliphatic carbocycles. The fourth-order valence-corrected chi connectivity index (χ4v) is 3.49. The van der Waals surface area contributed by atoms with Gasteiger partial charge in [0.05, 0.1) is 5.69 Å². The number of aromatic nitrogens is 2. The molecule has 1 saturated heterocycles. The fraction of sp³-hybridized carbons (Fsp3) is 0.286. The third kappa shape index (κ3) is 3.12. The molecule has 0 N–H and O–H groups in total. The van der Waals surface area contributed by atoms with Crippen molar-refractivity contribution >= 4 is 22.5 Å². The highest BCUT2D eigenvalue weighted by molar-refractivity contribution is 5.95. The van der Waals surface area contributed by atoms with Crippen LogP contribution in [0.5, 0.6) is 0 Å². The summed E-state index contributed by atoms with van der Waals surface area (Å²) in [6.45, 7) is 5.01. The van der Waals surface area contributed by atoms with Crippen molar-refractivity contribution in [3.8, 4) is 11.3 Å². The first-order valence-corrected chi connectivity index (χ1v) is 9.11. The maximum atomic E-state index is 11.8. The Balaban J connectivity index is 1.53. The Hall–Kier alpha value is -2.95. The number of anilines is 1. The molecule has 2 aromatic carbocycles. The van der Waals surface area contributed by atoms with Gasteiger partial charge in [0.2, 0.25) is 5.91 Å². The van der Waals surface area contributed by atoms with E-state index < -0.39 is 0 Å². The first kappa shape index (κ1) is 16.5. The van der Waals surface area contributed by atoms with E-state index in [-0.39, 0.29) is 5.91 Å². The largest absolute Gasteiger partial charge is 0.352 e. The van der Waals surface area contributed by atoms with E-state index in [0.717, 1.165) is 43.3 Å². The van der Waals surface area contributed by atoms with Crippen LogP contribution in [0.15, 0.2) is 54.6 Å². The van der Waals surface area contributed by atoms with Crippen molar-refractivity contribution in [2.24, 2.45) is 0 Å². The van der Waals surface area contributed by atoms with Crippen LogP contribution >= 0.6 is 0 Å². The Bertz CT molecular complexity index is 909. The van der Waals surface area contributed by atoms with Gasteiger partial charge >= 0.3 is 0 Å². The molecule has 1 fully saturated rings. The van der Waals surface area contributed by atoms with Crippen LogP contribution in [0.2, 0.25) is 0 Å². The molecule has 1 amide bonds. The molecular weight excluding hydrogens is 324 g/mol. The zero-order valence-corrected chi connectivity index (χ0v) is 14.9. The van der Waals surface area contributed by atoms with Crippen molar-refractivity contribution in [2.75, 3.05) is 31.1 Å². The van der Waals surface area contributed by atoms with Crippen LogP contribution in [-0.2, 0) is 4.79 Å². The van der Waals surface area contributed by atoms with Gasteiger partial charge in [-0.3, -0.25) is 4.79 Å². The highest BCUT2D eigenvalue weighted by Gasteiger charge is 2.21. The number of rotatable bonds is 3. The first-order valence-electron chi connectivity index (χ1n) is 9.11. The van der Waals surface area contributed by atoms with Gasteiger partial charge in [-0.15, -0.1) is 10.2 Å². The summed E-state index contributed by atoms with van der Waals surface area (Å²) < 4.78 is 0. The molecule has 5 nitrogen and oxygen atoms in total. The van der Waals surface area contributed by atoms with Gasteiger partial charge in [-0.2, -0.15) is 0 Å². The molecule has 0 saturated carbocycles. The zero-order valence-electron chi connectivity index (χ0n) is 14.9. The van der Waals surface area contributed by atoms with E-state index in [0.29, 0.717) is 6.42 Å². The van der Waals surface area contributed by atoms with Gasteiger partial charge in [0, 0.05) is 38.2 Å². The van der Waals surface area contributed by atoms with E-state index in [2.05, 4.69) is 45.4 Å². The van der Waals surface area contributed by atoms with Crippen molar-refractivity contribution < 1.29 is 4.79 Å². The quantitative estimate of drug-likeness (QED) is 0.730. The topological polar surface area (TPSA) is 49.3 Å². The average Bonchev–Trinajstić information content (AvgIpc) is 2.73. The normalized spacial score (nSPS) is 14.7. The average molecular weight is 346 g/mol. The number of piperazine rings is 1. The molecule has 2 heterocycles. The van der Waals surface area contributed by atoms with E-state index in [9.17, 15) is 4.79 Å². The third-order valence-electron chi connectivity index (χ3n) is 4.97. The predicted octanol–water partition coefficient (Wildman–Crippen LogP) is 3.36. The van der Waals surface area contributed by atoms with Crippen LogP contribution < -0.4 is 4.90 Å². The molecule has 0 spiro atoms. The number of fused-ring (bicyclic) bond motifs is 1. The van der Waals surface area contributed by atoms with E-state index in [1.54, 1.807) is 0 Å². The third-order valence-corrected chi connectivity index (χ3v) is 4.97. The summed E-state index contributed by atoms with van der Waals surface area (Å²) in [5.41, 5.74) is 1.98. The molecule has 1 aliphatic rings. The molecule has 0 bridgehead atoms. The van der Waals surface area contributed by atoms with Crippen LogP contribution in [0.3, 0.4) is 0 Å². The summed E-state index contributed by atoms with van der Waals surface area (Å²) in [6, 6.07) is 18.6. The molecule has 3 aromatic rings. The fourth-order valence-electron chi connectivity index (χ4n) is 3.49. The van der Waals surface area contributed by atoms with Crippen LogP contribution in [0.4, 0.5) is 5.82 Å². The highest BCUT2D eigenvalue weighted by Crippen LogP contribution is 2.27. The molecule has 0 radical (unpaired) electrons. The Morgan fingerprint density at radius 3 is 2.42 bits per heavy atom. The van der Waals surface area contributed by atoms with Crippen molar-refractivity contribution in [3.05, 3.63) is 54.6 Å². The molecule has 0 atom stereocenters. The molecule has 0 unspecified atom stereocenters. The minimum atomic E-state index is 0.224. The summed E-state index contributed by atoms with van der Waals surface area (Å²) in [7, 11) is 0. The number of benzene rings is 2. The number of hydrogen-bond donors (Lipinski definition) is 0. The monoisotopic (exact) mass is 346 g/mol. The molecular formula is C21H22N4O. The van der Waals surface area contributed by atoms with Gasteiger partial charge in [-0.05, 0) is 22.9 Å².